The third-order valence-electron chi connectivity index (χ3n) is 3.22. The zero-order chi connectivity index (χ0) is 16.0. The first-order chi connectivity index (χ1) is 9.77. The molecule has 0 aliphatic rings. The number of carbonyl (C=O) groups is 1. The molecule has 118 valence electrons. The summed E-state index contributed by atoms with van der Waals surface area (Å²) >= 11 is 0. The molecule has 1 atom stereocenters. The maximum atomic E-state index is 12.4. The Morgan fingerprint density at radius 2 is 2.10 bits per heavy atom. The zero-order valence-corrected chi connectivity index (χ0v) is 13.7. The van der Waals surface area contributed by atoms with Gasteiger partial charge in [-0.05, 0) is 18.6 Å². The van der Waals surface area contributed by atoms with E-state index in [0.29, 0.717) is 18.0 Å². The Kier molecular flexibility index (Phi) is 6.15. The molecule has 0 saturated carbocycles. The quantitative estimate of drug-likeness (QED) is 0.845. The van der Waals surface area contributed by atoms with Crippen LogP contribution in [-0.2, 0) is 10.2 Å². The van der Waals surface area contributed by atoms with Gasteiger partial charge >= 0.3 is 0 Å². The zero-order valence-electron chi connectivity index (χ0n) is 13.7. The molecule has 0 aliphatic carbocycles. The van der Waals surface area contributed by atoms with E-state index in [1.54, 1.807) is 13.2 Å². The molecule has 1 heterocycles. The van der Waals surface area contributed by atoms with Gasteiger partial charge in [-0.15, -0.1) is 0 Å². The van der Waals surface area contributed by atoms with E-state index in [4.69, 9.17) is 10.5 Å². The van der Waals surface area contributed by atoms with Gasteiger partial charge in [0.15, 0.2) is 0 Å². The summed E-state index contributed by atoms with van der Waals surface area (Å²) in [5.74, 6) is 0.233. The number of carbonyl (C=O) groups excluding carboxylic acids is 1. The predicted octanol–water partition coefficient (Wildman–Crippen LogP) is 2.51. The van der Waals surface area contributed by atoms with Crippen LogP contribution >= 0.6 is 0 Å². The molecule has 0 aliphatic heterocycles. The highest BCUT2D eigenvalue weighted by atomic mass is 16.5. The summed E-state index contributed by atoms with van der Waals surface area (Å²) in [6.45, 7) is 8.72. The third kappa shape index (κ3) is 5.34. The minimum atomic E-state index is -0.153. The largest absolute Gasteiger partial charge is 0.384 e. The van der Waals surface area contributed by atoms with Crippen molar-refractivity contribution in [2.75, 3.05) is 19.5 Å². The molecule has 1 aromatic rings. The van der Waals surface area contributed by atoms with Crippen molar-refractivity contribution < 1.29 is 9.53 Å². The van der Waals surface area contributed by atoms with Gasteiger partial charge in [0.2, 0.25) is 0 Å². The number of hydrogen-bond acceptors (Lipinski definition) is 4. The minimum absolute atomic E-state index is 0.0139. The topological polar surface area (TPSA) is 77.2 Å². The fourth-order valence-electron chi connectivity index (χ4n) is 2.08. The number of aromatic nitrogens is 1. The molecule has 1 unspecified atom stereocenters. The second-order valence-corrected chi connectivity index (χ2v) is 6.33. The molecule has 1 aromatic heterocycles. The Bertz CT molecular complexity index is 475. The van der Waals surface area contributed by atoms with E-state index >= 15 is 0 Å². The van der Waals surface area contributed by atoms with Gasteiger partial charge in [-0.2, -0.15) is 0 Å². The van der Waals surface area contributed by atoms with Crippen LogP contribution in [0.5, 0.6) is 0 Å². The third-order valence-corrected chi connectivity index (χ3v) is 3.22. The lowest BCUT2D eigenvalue weighted by Crippen LogP contribution is -2.38. The van der Waals surface area contributed by atoms with Crippen LogP contribution in [0.2, 0.25) is 0 Å². The molecule has 5 nitrogen and oxygen atoms in total. The number of pyridine rings is 1. The summed E-state index contributed by atoms with van der Waals surface area (Å²) in [6.07, 6.45) is 1.87. The predicted molar refractivity (Wildman–Crippen MR) is 85.4 cm³/mol. The highest BCUT2D eigenvalue weighted by Gasteiger charge is 2.20. The number of nitrogens with zero attached hydrogens (tertiary/aromatic N) is 1. The van der Waals surface area contributed by atoms with Gasteiger partial charge < -0.3 is 15.8 Å². The summed E-state index contributed by atoms with van der Waals surface area (Å²) in [5.41, 5.74) is 7.03. The van der Waals surface area contributed by atoms with Gasteiger partial charge in [0.05, 0.1) is 12.6 Å². The van der Waals surface area contributed by atoms with E-state index in [9.17, 15) is 4.79 Å². The Labute approximate surface area is 127 Å². The van der Waals surface area contributed by atoms with Crippen LogP contribution in [0.25, 0.3) is 0 Å². The molecule has 3 N–H and O–H groups in total. The van der Waals surface area contributed by atoms with Gasteiger partial charge in [0, 0.05) is 23.8 Å². The average Bonchev–Trinajstić information content (AvgIpc) is 2.37. The Hall–Kier alpha value is -1.62. The Balaban J connectivity index is 2.93. The molecular formula is C16H27N3O2. The second kappa shape index (κ2) is 7.41. The number of ether oxygens (including phenoxy) is 1. The standard InChI is InChI=1S/C16H27N3O2/c1-6-7-12(10-21-5)18-15(20)11-8-13(16(2,3)4)19-14(17)9-11/h8-9,12H,6-7,10H2,1-5H3,(H2,17,19)(H,18,20). The van der Waals surface area contributed by atoms with Crippen molar-refractivity contribution in [2.24, 2.45) is 0 Å². The first-order valence-corrected chi connectivity index (χ1v) is 7.35. The lowest BCUT2D eigenvalue weighted by atomic mass is 9.90. The summed E-state index contributed by atoms with van der Waals surface area (Å²) in [7, 11) is 1.64. The highest BCUT2D eigenvalue weighted by Crippen LogP contribution is 2.22. The SMILES string of the molecule is CCCC(COC)NC(=O)c1cc(N)nc(C(C)(C)C)c1. The maximum absolute atomic E-state index is 12.4. The molecule has 1 amide bonds. The van der Waals surface area contributed by atoms with Crippen molar-refractivity contribution in [1.29, 1.82) is 0 Å². The monoisotopic (exact) mass is 293 g/mol. The number of hydrogen-bond donors (Lipinski definition) is 2. The van der Waals surface area contributed by atoms with Crippen molar-refractivity contribution in [1.82, 2.24) is 10.3 Å². The number of nitrogens with one attached hydrogen (secondary N) is 1. The fraction of sp³-hybridized carbons (Fsp3) is 0.625. The van der Waals surface area contributed by atoms with Gasteiger partial charge in [-0.3, -0.25) is 4.79 Å². The summed E-state index contributed by atoms with van der Waals surface area (Å²) in [4.78, 5) is 16.7. The van der Waals surface area contributed by atoms with Crippen LogP contribution in [-0.4, -0.2) is 30.6 Å². The molecule has 0 saturated heterocycles. The lowest BCUT2D eigenvalue weighted by Gasteiger charge is -2.20. The molecular weight excluding hydrogens is 266 g/mol. The van der Waals surface area contributed by atoms with Crippen LogP contribution in [0, 0.1) is 0 Å². The summed E-state index contributed by atoms with van der Waals surface area (Å²) in [6, 6.07) is 3.43. The smallest absolute Gasteiger partial charge is 0.251 e. The summed E-state index contributed by atoms with van der Waals surface area (Å²) in [5, 5.41) is 2.99. The second-order valence-electron chi connectivity index (χ2n) is 6.33. The fourth-order valence-corrected chi connectivity index (χ4v) is 2.08. The first kappa shape index (κ1) is 17.4. The molecule has 21 heavy (non-hydrogen) atoms. The lowest BCUT2D eigenvalue weighted by molar-refractivity contribution is 0.0891. The van der Waals surface area contributed by atoms with E-state index in [0.717, 1.165) is 18.5 Å². The normalized spacial score (nSPS) is 13.0. The maximum Gasteiger partial charge on any atom is 0.251 e. The molecule has 5 heteroatoms. The Morgan fingerprint density at radius 3 is 2.62 bits per heavy atom. The molecule has 0 radical (unpaired) electrons. The van der Waals surface area contributed by atoms with Crippen molar-refractivity contribution in [3.05, 3.63) is 23.4 Å². The van der Waals surface area contributed by atoms with Gasteiger partial charge in [0.25, 0.3) is 5.91 Å². The van der Waals surface area contributed by atoms with E-state index in [1.807, 2.05) is 26.8 Å². The number of nitrogens with two attached hydrogens (primary N) is 1. The van der Waals surface area contributed by atoms with E-state index in [2.05, 4.69) is 17.2 Å². The van der Waals surface area contributed by atoms with Crippen LogP contribution < -0.4 is 11.1 Å². The number of amides is 1. The number of nitrogen functional groups attached to an aromatic ring is 1. The average molecular weight is 293 g/mol. The van der Waals surface area contributed by atoms with E-state index in [1.165, 1.54) is 0 Å². The Morgan fingerprint density at radius 1 is 1.43 bits per heavy atom. The number of anilines is 1. The molecule has 0 bridgehead atoms. The van der Waals surface area contributed by atoms with E-state index in [-0.39, 0.29) is 17.4 Å². The van der Waals surface area contributed by atoms with Crippen molar-refractivity contribution >= 4 is 11.7 Å². The van der Waals surface area contributed by atoms with Crippen molar-refractivity contribution in [3.63, 3.8) is 0 Å². The molecule has 0 fully saturated rings. The van der Waals surface area contributed by atoms with Gasteiger partial charge in [-0.1, -0.05) is 34.1 Å². The minimum Gasteiger partial charge on any atom is -0.384 e. The summed E-state index contributed by atoms with van der Waals surface area (Å²) < 4.78 is 5.14. The van der Waals surface area contributed by atoms with Crippen LogP contribution in [0.4, 0.5) is 5.82 Å². The van der Waals surface area contributed by atoms with Gasteiger partial charge in [0.1, 0.15) is 5.82 Å². The van der Waals surface area contributed by atoms with Crippen molar-refractivity contribution in [2.45, 2.75) is 52.0 Å². The van der Waals surface area contributed by atoms with Crippen LogP contribution in [0.3, 0.4) is 0 Å². The van der Waals surface area contributed by atoms with Gasteiger partial charge in [-0.25, -0.2) is 4.98 Å². The van der Waals surface area contributed by atoms with Crippen LogP contribution in [0.1, 0.15) is 56.6 Å². The van der Waals surface area contributed by atoms with Crippen LogP contribution in [0.15, 0.2) is 12.1 Å². The van der Waals surface area contributed by atoms with E-state index < -0.39 is 0 Å². The highest BCUT2D eigenvalue weighted by molar-refractivity contribution is 5.95. The first-order valence-electron chi connectivity index (χ1n) is 7.35. The number of methoxy groups -OCH3 is 1. The molecule has 1 rings (SSSR count). The molecule has 0 aromatic carbocycles. The number of rotatable bonds is 6. The molecule has 0 spiro atoms. The van der Waals surface area contributed by atoms with Crippen molar-refractivity contribution in [3.8, 4) is 0 Å².